The molecule has 5 nitrogen and oxygen atoms in total. The van der Waals surface area contributed by atoms with Gasteiger partial charge in [-0.3, -0.25) is 4.79 Å². The van der Waals surface area contributed by atoms with Gasteiger partial charge in [0.25, 0.3) is 0 Å². The molecule has 5 heteroatoms. The molecule has 19 heavy (non-hydrogen) atoms. The first-order valence-electron chi connectivity index (χ1n) is 7.43. The number of carbonyl (C=O) groups is 2. The number of likely N-dealkylation sites (tertiary alicyclic amines) is 1. The standard InChI is InChI=1S/C14H20N2O3/c17-13(18)9-3-4-16(6-9)14(19)15-12-10-7-1-2-8(5-7)11(10)12/h7-12H,1-6H2,(H,15,19)(H,17,18). The predicted molar refractivity (Wildman–Crippen MR) is 67.4 cm³/mol. The number of carbonyl (C=O) groups excluding carboxylic acids is 1. The van der Waals surface area contributed by atoms with E-state index in [4.69, 9.17) is 5.11 Å². The molecule has 4 fully saturated rings. The number of carboxylic acids is 1. The zero-order valence-electron chi connectivity index (χ0n) is 10.9. The second kappa shape index (κ2) is 3.87. The molecule has 1 aliphatic heterocycles. The monoisotopic (exact) mass is 264 g/mol. The van der Waals surface area contributed by atoms with Crippen LogP contribution in [0.15, 0.2) is 0 Å². The zero-order valence-corrected chi connectivity index (χ0v) is 10.9. The highest BCUT2D eigenvalue weighted by Gasteiger charge is 2.65. The third-order valence-electron chi connectivity index (χ3n) is 5.85. The van der Waals surface area contributed by atoms with Gasteiger partial charge in [-0.15, -0.1) is 0 Å². The number of fused-ring (bicyclic) bond motifs is 5. The quantitative estimate of drug-likeness (QED) is 0.786. The van der Waals surface area contributed by atoms with Gasteiger partial charge >= 0.3 is 12.0 Å². The third-order valence-corrected chi connectivity index (χ3v) is 5.85. The highest BCUT2D eigenvalue weighted by Crippen LogP contribution is 2.65. The molecule has 1 heterocycles. The minimum Gasteiger partial charge on any atom is -0.481 e. The van der Waals surface area contributed by atoms with Gasteiger partial charge in [0.1, 0.15) is 0 Å². The summed E-state index contributed by atoms with van der Waals surface area (Å²) >= 11 is 0. The molecule has 3 aliphatic carbocycles. The average Bonchev–Trinajstić information content (AvgIpc) is 2.87. The molecule has 0 spiro atoms. The molecule has 3 saturated carbocycles. The van der Waals surface area contributed by atoms with Gasteiger partial charge in [0.05, 0.1) is 5.92 Å². The molecule has 1 saturated heterocycles. The van der Waals surface area contributed by atoms with E-state index in [1.165, 1.54) is 19.3 Å². The van der Waals surface area contributed by atoms with Crippen LogP contribution in [-0.4, -0.2) is 41.1 Å². The van der Waals surface area contributed by atoms with Crippen molar-refractivity contribution in [3.05, 3.63) is 0 Å². The molecule has 0 aromatic carbocycles. The second-order valence-corrected chi connectivity index (χ2v) is 6.73. The lowest BCUT2D eigenvalue weighted by atomic mass is 10.0. The summed E-state index contributed by atoms with van der Waals surface area (Å²) in [5, 5.41) is 12.1. The van der Waals surface area contributed by atoms with Crippen LogP contribution in [-0.2, 0) is 4.79 Å². The number of nitrogens with one attached hydrogen (secondary N) is 1. The molecule has 5 atom stereocenters. The molecule has 4 rings (SSSR count). The van der Waals surface area contributed by atoms with Crippen molar-refractivity contribution in [2.24, 2.45) is 29.6 Å². The largest absolute Gasteiger partial charge is 0.481 e. The van der Waals surface area contributed by atoms with Crippen LogP contribution in [0.2, 0.25) is 0 Å². The van der Waals surface area contributed by atoms with Crippen molar-refractivity contribution in [1.82, 2.24) is 10.2 Å². The molecule has 0 aromatic rings. The molecule has 5 unspecified atom stereocenters. The first-order chi connectivity index (χ1) is 9.15. The number of hydrogen-bond donors (Lipinski definition) is 2. The molecule has 104 valence electrons. The van der Waals surface area contributed by atoms with E-state index in [-0.39, 0.29) is 11.9 Å². The first kappa shape index (κ1) is 11.6. The fourth-order valence-electron chi connectivity index (χ4n) is 4.90. The molecule has 0 aromatic heterocycles. The Morgan fingerprint density at radius 3 is 2.37 bits per heavy atom. The Morgan fingerprint density at radius 2 is 1.79 bits per heavy atom. The summed E-state index contributed by atoms with van der Waals surface area (Å²) < 4.78 is 0. The Morgan fingerprint density at radius 1 is 1.11 bits per heavy atom. The lowest BCUT2D eigenvalue weighted by molar-refractivity contribution is -0.141. The van der Waals surface area contributed by atoms with Gasteiger partial charge in [-0.25, -0.2) is 4.79 Å². The molecule has 2 bridgehead atoms. The minimum atomic E-state index is -0.781. The van der Waals surface area contributed by atoms with Gasteiger partial charge in [-0.05, 0) is 49.4 Å². The van der Waals surface area contributed by atoms with Gasteiger partial charge < -0.3 is 15.3 Å². The Bertz CT molecular complexity index is 422. The summed E-state index contributed by atoms with van der Waals surface area (Å²) in [5.41, 5.74) is 0. The van der Waals surface area contributed by atoms with Crippen molar-refractivity contribution < 1.29 is 14.7 Å². The number of carboxylic acid groups (broad SMARTS) is 1. The van der Waals surface area contributed by atoms with Gasteiger partial charge in [-0.1, -0.05) is 0 Å². The van der Waals surface area contributed by atoms with E-state index in [1.807, 2.05) is 0 Å². The van der Waals surface area contributed by atoms with Crippen LogP contribution in [0.3, 0.4) is 0 Å². The lowest BCUT2D eigenvalue weighted by Crippen LogP contribution is -2.41. The summed E-state index contributed by atoms with van der Waals surface area (Å²) in [5.74, 6) is 2.02. The van der Waals surface area contributed by atoms with E-state index in [1.54, 1.807) is 4.90 Å². The summed E-state index contributed by atoms with van der Waals surface area (Å²) in [4.78, 5) is 24.7. The normalized spacial score (nSPS) is 46.2. The first-order valence-corrected chi connectivity index (χ1v) is 7.43. The molecule has 0 radical (unpaired) electrons. The molecule has 2 amide bonds. The maximum atomic E-state index is 12.2. The van der Waals surface area contributed by atoms with Crippen LogP contribution < -0.4 is 5.32 Å². The highest BCUT2D eigenvalue weighted by molar-refractivity contribution is 5.78. The van der Waals surface area contributed by atoms with E-state index in [2.05, 4.69) is 5.32 Å². The van der Waals surface area contributed by atoms with Gasteiger partial charge in [-0.2, -0.15) is 0 Å². The van der Waals surface area contributed by atoms with E-state index in [0.29, 0.717) is 25.6 Å². The summed E-state index contributed by atoms with van der Waals surface area (Å²) in [7, 11) is 0. The van der Waals surface area contributed by atoms with Gasteiger partial charge in [0.15, 0.2) is 0 Å². The van der Waals surface area contributed by atoms with Crippen LogP contribution in [0.1, 0.15) is 25.7 Å². The number of aliphatic carboxylic acids is 1. The molecular weight excluding hydrogens is 244 g/mol. The van der Waals surface area contributed by atoms with E-state index in [9.17, 15) is 9.59 Å². The maximum absolute atomic E-state index is 12.2. The van der Waals surface area contributed by atoms with Crippen molar-refractivity contribution in [2.75, 3.05) is 13.1 Å². The van der Waals surface area contributed by atoms with Crippen molar-refractivity contribution in [3.63, 3.8) is 0 Å². The Kier molecular flexibility index (Phi) is 2.35. The van der Waals surface area contributed by atoms with Crippen molar-refractivity contribution in [3.8, 4) is 0 Å². The summed E-state index contributed by atoms with van der Waals surface area (Å²) in [6.07, 6.45) is 4.67. The number of nitrogens with zero attached hydrogens (tertiary/aromatic N) is 1. The van der Waals surface area contributed by atoms with Gasteiger partial charge in [0, 0.05) is 19.1 Å². The lowest BCUT2D eigenvalue weighted by Gasteiger charge is -2.18. The maximum Gasteiger partial charge on any atom is 0.317 e. The third kappa shape index (κ3) is 1.66. The number of urea groups is 1. The fourth-order valence-corrected chi connectivity index (χ4v) is 4.90. The Balaban J connectivity index is 1.33. The Hall–Kier alpha value is -1.26. The molecule has 2 N–H and O–H groups in total. The smallest absolute Gasteiger partial charge is 0.317 e. The number of amides is 2. The van der Waals surface area contributed by atoms with Crippen molar-refractivity contribution >= 4 is 12.0 Å². The van der Waals surface area contributed by atoms with Gasteiger partial charge in [0.2, 0.25) is 0 Å². The van der Waals surface area contributed by atoms with E-state index < -0.39 is 5.97 Å². The molecule has 4 aliphatic rings. The van der Waals surface area contributed by atoms with Crippen LogP contribution in [0.5, 0.6) is 0 Å². The SMILES string of the molecule is O=C(O)C1CCN(C(=O)NC2C3C4CCC(C4)C23)C1. The van der Waals surface area contributed by atoms with Crippen molar-refractivity contribution in [2.45, 2.75) is 31.7 Å². The second-order valence-electron chi connectivity index (χ2n) is 6.73. The Labute approximate surface area is 112 Å². The predicted octanol–water partition coefficient (Wildman–Crippen LogP) is 1.15. The van der Waals surface area contributed by atoms with Crippen LogP contribution in [0.4, 0.5) is 4.79 Å². The van der Waals surface area contributed by atoms with Crippen molar-refractivity contribution in [1.29, 1.82) is 0 Å². The summed E-state index contributed by atoms with van der Waals surface area (Å²) in [6, 6.07) is 0.352. The summed E-state index contributed by atoms with van der Waals surface area (Å²) in [6.45, 7) is 0.952. The topological polar surface area (TPSA) is 69.6 Å². The number of rotatable bonds is 2. The van der Waals surface area contributed by atoms with Crippen LogP contribution in [0.25, 0.3) is 0 Å². The molecular formula is C14H20N2O3. The van der Waals surface area contributed by atoms with E-state index in [0.717, 1.165) is 23.7 Å². The highest BCUT2D eigenvalue weighted by atomic mass is 16.4. The van der Waals surface area contributed by atoms with E-state index >= 15 is 0 Å². The fraction of sp³-hybridized carbons (Fsp3) is 0.857. The average molecular weight is 264 g/mol. The zero-order chi connectivity index (χ0) is 13.1. The minimum absolute atomic E-state index is 0.0393. The number of hydrogen-bond acceptors (Lipinski definition) is 2. The van der Waals surface area contributed by atoms with Crippen LogP contribution in [0, 0.1) is 29.6 Å². The van der Waals surface area contributed by atoms with Crippen LogP contribution >= 0.6 is 0 Å².